The predicted octanol–water partition coefficient (Wildman–Crippen LogP) is 1.41. The maximum Gasteiger partial charge on any atom is 0.240 e. The number of fused-ring (bicyclic) bond motifs is 1. The van der Waals surface area contributed by atoms with Gasteiger partial charge in [0.05, 0.1) is 24.9 Å². The van der Waals surface area contributed by atoms with E-state index in [1.165, 1.54) is 5.56 Å². The fourth-order valence-electron chi connectivity index (χ4n) is 3.94. The molecule has 1 fully saturated rings. The maximum absolute atomic E-state index is 12.7. The Bertz CT molecular complexity index is 766. The second-order valence-corrected chi connectivity index (χ2v) is 7.18. The summed E-state index contributed by atoms with van der Waals surface area (Å²) in [5.74, 6) is 0.293. The van der Waals surface area contributed by atoms with Crippen LogP contribution in [0.2, 0.25) is 0 Å². The van der Waals surface area contributed by atoms with Gasteiger partial charge < -0.3 is 15.3 Å². The van der Waals surface area contributed by atoms with Crippen LogP contribution in [-0.4, -0.2) is 40.0 Å². The molecule has 2 N–H and O–H groups in total. The Morgan fingerprint density at radius 3 is 2.92 bits per heavy atom. The summed E-state index contributed by atoms with van der Waals surface area (Å²) < 4.78 is 1.75. The van der Waals surface area contributed by atoms with Crippen LogP contribution in [0.3, 0.4) is 0 Å². The molecule has 0 saturated heterocycles. The lowest BCUT2D eigenvalue weighted by atomic mass is 9.75. The van der Waals surface area contributed by atoms with Gasteiger partial charge in [0.1, 0.15) is 0 Å². The predicted molar refractivity (Wildman–Crippen MR) is 95.2 cm³/mol. The number of rotatable bonds is 5. The molecule has 4 rings (SSSR count). The third-order valence-corrected chi connectivity index (χ3v) is 5.34. The van der Waals surface area contributed by atoms with Gasteiger partial charge in [0.25, 0.3) is 0 Å². The van der Waals surface area contributed by atoms with E-state index in [0.29, 0.717) is 6.54 Å². The molecule has 2 aliphatic rings. The van der Waals surface area contributed by atoms with Crippen molar-refractivity contribution >= 4 is 11.6 Å². The molecule has 0 spiro atoms. The number of benzene rings is 1. The van der Waals surface area contributed by atoms with Gasteiger partial charge in [-0.25, -0.2) is 0 Å². The molecule has 1 aliphatic heterocycles. The topological polar surface area (TPSA) is 70.4 Å². The van der Waals surface area contributed by atoms with Crippen LogP contribution in [0.15, 0.2) is 36.7 Å². The van der Waals surface area contributed by atoms with Crippen molar-refractivity contribution in [3.05, 3.63) is 47.8 Å². The number of aliphatic hydroxyl groups excluding tert-OH is 1. The third kappa shape index (κ3) is 3.26. The normalized spacial score (nSPS) is 23.0. The maximum atomic E-state index is 12.7. The molecule has 25 heavy (non-hydrogen) atoms. The summed E-state index contributed by atoms with van der Waals surface area (Å²) in [6, 6.07) is 8.19. The SMILES string of the molecule is Cn1cc([C@@H](NC(=O)CN2CCc3ccccc32)C2CC(O)C2)cn1. The van der Waals surface area contributed by atoms with Crippen molar-refractivity contribution in [3.8, 4) is 0 Å². The first-order valence-electron chi connectivity index (χ1n) is 8.89. The molecule has 1 aromatic carbocycles. The highest BCUT2D eigenvalue weighted by Gasteiger charge is 2.36. The Labute approximate surface area is 147 Å². The van der Waals surface area contributed by atoms with E-state index in [2.05, 4.69) is 27.4 Å². The van der Waals surface area contributed by atoms with Gasteiger partial charge in [-0.2, -0.15) is 5.10 Å². The van der Waals surface area contributed by atoms with Gasteiger partial charge in [-0.3, -0.25) is 9.48 Å². The summed E-state index contributed by atoms with van der Waals surface area (Å²) >= 11 is 0. The Hall–Kier alpha value is -2.34. The smallest absolute Gasteiger partial charge is 0.240 e. The number of hydrogen-bond acceptors (Lipinski definition) is 4. The summed E-state index contributed by atoms with van der Waals surface area (Å²) in [5, 5.41) is 17.1. The Morgan fingerprint density at radius 2 is 2.20 bits per heavy atom. The van der Waals surface area contributed by atoms with E-state index in [0.717, 1.165) is 37.1 Å². The number of aryl methyl sites for hydroxylation is 1. The molecule has 0 radical (unpaired) electrons. The largest absolute Gasteiger partial charge is 0.393 e. The standard InChI is InChI=1S/C19H24N4O2/c1-22-11-15(10-20-22)19(14-8-16(24)9-14)21-18(25)12-23-7-6-13-4-2-3-5-17(13)23/h2-5,10-11,14,16,19,24H,6-9,12H2,1H3,(H,21,25)/t14?,16?,19-/m0/s1. The molecule has 1 aromatic heterocycles. The van der Waals surface area contributed by atoms with Crippen molar-refractivity contribution in [2.45, 2.75) is 31.4 Å². The first-order valence-corrected chi connectivity index (χ1v) is 8.89. The Kier molecular flexibility index (Phi) is 4.21. The third-order valence-electron chi connectivity index (χ3n) is 5.34. The number of anilines is 1. The van der Waals surface area contributed by atoms with Crippen LogP contribution in [0.5, 0.6) is 0 Å². The number of hydrogen-bond donors (Lipinski definition) is 2. The van der Waals surface area contributed by atoms with E-state index in [1.54, 1.807) is 10.9 Å². The highest BCUT2D eigenvalue weighted by molar-refractivity contribution is 5.82. The van der Waals surface area contributed by atoms with Crippen LogP contribution in [0.4, 0.5) is 5.69 Å². The van der Waals surface area contributed by atoms with Crippen molar-refractivity contribution in [2.24, 2.45) is 13.0 Å². The molecule has 132 valence electrons. The first-order chi connectivity index (χ1) is 12.1. The summed E-state index contributed by atoms with van der Waals surface area (Å²) in [6.07, 6.45) is 5.96. The quantitative estimate of drug-likeness (QED) is 0.863. The van der Waals surface area contributed by atoms with Gasteiger partial charge in [0.2, 0.25) is 5.91 Å². The fourth-order valence-corrected chi connectivity index (χ4v) is 3.94. The number of carbonyl (C=O) groups excluding carboxylic acids is 1. The van der Waals surface area contributed by atoms with Gasteiger partial charge in [-0.15, -0.1) is 0 Å². The summed E-state index contributed by atoms with van der Waals surface area (Å²) in [7, 11) is 1.87. The number of aromatic nitrogens is 2. The molecule has 6 heteroatoms. The van der Waals surface area contributed by atoms with Crippen LogP contribution in [0.25, 0.3) is 0 Å². The van der Waals surface area contributed by atoms with Gasteiger partial charge in [-0.05, 0) is 36.8 Å². The molecule has 0 unspecified atom stereocenters. The zero-order valence-electron chi connectivity index (χ0n) is 14.4. The highest BCUT2D eigenvalue weighted by Crippen LogP contribution is 2.38. The lowest BCUT2D eigenvalue weighted by Gasteiger charge is -2.38. The molecular formula is C19H24N4O2. The van der Waals surface area contributed by atoms with Crippen molar-refractivity contribution in [2.75, 3.05) is 18.0 Å². The lowest BCUT2D eigenvalue weighted by Crippen LogP contribution is -2.44. The molecular weight excluding hydrogens is 316 g/mol. The minimum atomic E-state index is -0.244. The number of carbonyl (C=O) groups is 1. The number of para-hydroxylation sites is 1. The molecule has 1 amide bonds. The lowest BCUT2D eigenvalue weighted by molar-refractivity contribution is -0.121. The molecule has 2 heterocycles. The molecule has 1 saturated carbocycles. The molecule has 2 aromatic rings. The van der Waals surface area contributed by atoms with E-state index in [4.69, 9.17) is 0 Å². The number of nitrogens with one attached hydrogen (secondary N) is 1. The Balaban J connectivity index is 1.44. The van der Waals surface area contributed by atoms with Crippen LogP contribution >= 0.6 is 0 Å². The van der Waals surface area contributed by atoms with Crippen molar-refractivity contribution in [1.29, 1.82) is 0 Å². The number of amides is 1. The highest BCUT2D eigenvalue weighted by atomic mass is 16.3. The van der Waals surface area contributed by atoms with E-state index in [1.807, 2.05) is 25.4 Å². The van der Waals surface area contributed by atoms with Gasteiger partial charge in [0, 0.05) is 31.0 Å². The van der Waals surface area contributed by atoms with E-state index in [9.17, 15) is 9.90 Å². The summed E-state index contributed by atoms with van der Waals surface area (Å²) in [6.45, 7) is 1.25. The van der Waals surface area contributed by atoms with Gasteiger partial charge in [0.15, 0.2) is 0 Å². The summed E-state index contributed by atoms with van der Waals surface area (Å²) in [5.41, 5.74) is 3.48. The van der Waals surface area contributed by atoms with Gasteiger partial charge in [-0.1, -0.05) is 18.2 Å². The van der Waals surface area contributed by atoms with Crippen molar-refractivity contribution in [1.82, 2.24) is 15.1 Å². The minimum Gasteiger partial charge on any atom is -0.393 e. The molecule has 1 aliphatic carbocycles. The van der Waals surface area contributed by atoms with Crippen LogP contribution in [0.1, 0.15) is 30.0 Å². The van der Waals surface area contributed by atoms with Crippen molar-refractivity contribution in [3.63, 3.8) is 0 Å². The zero-order valence-corrected chi connectivity index (χ0v) is 14.4. The number of aliphatic hydroxyl groups is 1. The molecule has 1 atom stereocenters. The monoisotopic (exact) mass is 340 g/mol. The molecule has 0 bridgehead atoms. The first kappa shape index (κ1) is 16.1. The van der Waals surface area contributed by atoms with Crippen LogP contribution < -0.4 is 10.2 Å². The second-order valence-electron chi connectivity index (χ2n) is 7.18. The average Bonchev–Trinajstić information content (AvgIpc) is 3.17. The Morgan fingerprint density at radius 1 is 1.40 bits per heavy atom. The fraction of sp³-hybridized carbons (Fsp3) is 0.474. The summed E-state index contributed by atoms with van der Waals surface area (Å²) in [4.78, 5) is 14.8. The minimum absolute atomic E-state index is 0.0203. The van der Waals surface area contributed by atoms with E-state index < -0.39 is 0 Å². The van der Waals surface area contributed by atoms with Crippen LogP contribution in [0, 0.1) is 5.92 Å². The van der Waals surface area contributed by atoms with E-state index >= 15 is 0 Å². The van der Waals surface area contributed by atoms with Gasteiger partial charge >= 0.3 is 0 Å². The van der Waals surface area contributed by atoms with Crippen molar-refractivity contribution < 1.29 is 9.90 Å². The number of nitrogens with zero attached hydrogens (tertiary/aromatic N) is 3. The average molecular weight is 340 g/mol. The van der Waals surface area contributed by atoms with E-state index in [-0.39, 0.29) is 24.0 Å². The second kappa shape index (κ2) is 6.52. The van der Waals surface area contributed by atoms with Crippen LogP contribution in [-0.2, 0) is 18.3 Å². The zero-order chi connectivity index (χ0) is 17.4. The molecule has 6 nitrogen and oxygen atoms in total.